The van der Waals surface area contributed by atoms with Crippen molar-refractivity contribution in [1.82, 2.24) is 4.98 Å². The monoisotopic (exact) mass is 247 g/mol. The van der Waals surface area contributed by atoms with Crippen molar-refractivity contribution in [2.45, 2.75) is 6.92 Å². The fourth-order valence-electron chi connectivity index (χ4n) is 1.27. The lowest BCUT2D eigenvalue weighted by Gasteiger charge is -2.02. The molecule has 0 aliphatic carbocycles. The average Bonchev–Trinajstić information content (AvgIpc) is 2.23. The molecule has 0 saturated heterocycles. The second kappa shape index (κ2) is 3.93. The Bertz CT molecular complexity index is 437. The quantitative estimate of drug-likeness (QED) is 0.699. The van der Waals surface area contributed by atoms with Gasteiger partial charge in [-0.05, 0) is 34.5 Å². The van der Waals surface area contributed by atoms with Crippen LogP contribution in [0.2, 0.25) is 0 Å². The molecule has 0 spiro atoms. The normalized spacial score (nSPS) is 10.1. The van der Waals surface area contributed by atoms with Gasteiger partial charge in [-0.1, -0.05) is 36.4 Å². The molecule has 0 radical (unpaired) electrons. The number of benzene rings is 1. The van der Waals surface area contributed by atoms with Gasteiger partial charge in [0.25, 0.3) is 0 Å². The summed E-state index contributed by atoms with van der Waals surface area (Å²) in [5, 5.41) is 0. The molecule has 0 aliphatic rings. The molecule has 1 aromatic heterocycles. The van der Waals surface area contributed by atoms with E-state index < -0.39 is 0 Å². The molecule has 14 heavy (non-hydrogen) atoms. The molecule has 0 amide bonds. The molecule has 1 nitrogen and oxygen atoms in total. The van der Waals surface area contributed by atoms with Crippen molar-refractivity contribution in [3.63, 3.8) is 0 Å². The minimum absolute atomic E-state index is 0.916. The van der Waals surface area contributed by atoms with Crippen LogP contribution in [-0.4, -0.2) is 4.98 Å². The van der Waals surface area contributed by atoms with Crippen LogP contribution in [0.3, 0.4) is 0 Å². The van der Waals surface area contributed by atoms with Crippen LogP contribution >= 0.6 is 15.9 Å². The highest BCUT2D eigenvalue weighted by molar-refractivity contribution is 9.10. The van der Waals surface area contributed by atoms with E-state index in [-0.39, 0.29) is 0 Å². The number of aromatic nitrogens is 1. The zero-order chi connectivity index (χ0) is 9.97. The molecule has 0 fully saturated rings. The molecule has 1 aromatic carbocycles. The highest BCUT2D eigenvalue weighted by atomic mass is 79.9. The number of rotatable bonds is 1. The maximum absolute atomic E-state index is 4.46. The molecule has 2 aromatic rings. The molecular formula is C12H10BrN. The summed E-state index contributed by atoms with van der Waals surface area (Å²) in [5.74, 6) is 0. The van der Waals surface area contributed by atoms with Crippen molar-refractivity contribution in [3.05, 3.63) is 52.6 Å². The third-order valence-electron chi connectivity index (χ3n) is 2.10. The Hall–Kier alpha value is -1.15. The van der Waals surface area contributed by atoms with Crippen LogP contribution < -0.4 is 0 Å². The van der Waals surface area contributed by atoms with Gasteiger partial charge in [-0.2, -0.15) is 0 Å². The van der Waals surface area contributed by atoms with E-state index in [2.05, 4.69) is 39.1 Å². The Kier molecular flexibility index (Phi) is 2.64. The fraction of sp³-hybridized carbons (Fsp3) is 0.0833. The number of pyridine rings is 1. The molecule has 2 rings (SSSR count). The SMILES string of the molecule is Cc1ccc(-c2ccccc2)nc1Br. The van der Waals surface area contributed by atoms with Gasteiger partial charge in [-0.15, -0.1) is 0 Å². The van der Waals surface area contributed by atoms with E-state index in [0.717, 1.165) is 21.4 Å². The molecule has 0 saturated carbocycles. The van der Waals surface area contributed by atoms with Crippen molar-refractivity contribution in [1.29, 1.82) is 0 Å². The van der Waals surface area contributed by atoms with E-state index in [1.807, 2.05) is 31.2 Å². The van der Waals surface area contributed by atoms with Crippen LogP contribution in [0.25, 0.3) is 11.3 Å². The molecule has 70 valence electrons. The lowest BCUT2D eigenvalue weighted by atomic mass is 10.1. The molecule has 0 unspecified atom stereocenters. The van der Waals surface area contributed by atoms with Crippen LogP contribution in [0.5, 0.6) is 0 Å². The van der Waals surface area contributed by atoms with Gasteiger partial charge in [0.2, 0.25) is 0 Å². The van der Waals surface area contributed by atoms with Crippen LogP contribution in [0, 0.1) is 6.92 Å². The Balaban J connectivity index is 2.48. The number of hydrogen-bond donors (Lipinski definition) is 0. The van der Waals surface area contributed by atoms with Gasteiger partial charge in [-0.3, -0.25) is 0 Å². The van der Waals surface area contributed by atoms with Crippen molar-refractivity contribution in [3.8, 4) is 11.3 Å². The topological polar surface area (TPSA) is 12.9 Å². The van der Waals surface area contributed by atoms with E-state index in [1.165, 1.54) is 0 Å². The predicted molar refractivity (Wildman–Crippen MR) is 62.1 cm³/mol. The molecule has 0 atom stereocenters. The maximum Gasteiger partial charge on any atom is 0.109 e. The second-order valence-electron chi connectivity index (χ2n) is 3.17. The summed E-state index contributed by atoms with van der Waals surface area (Å²) >= 11 is 3.43. The Morgan fingerprint density at radius 2 is 1.71 bits per heavy atom. The lowest BCUT2D eigenvalue weighted by Crippen LogP contribution is -1.86. The molecule has 0 bridgehead atoms. The Morgan fingerprint density at radius 1 is 1.00 bits per heavy atom. The van der Waals surface area contributed by atoms with Gasteiger partial charge in [0.1, 0.15) is 4.60 Å². The van der Waals surface area contributed by atoms with Gasteiger partial charge in [0.15, 0.2) is 0 Å². The van der Waals surface area contributed by atoms with Crippen LogP contribution in [0.4, 0.5) is 0 Å². The number of aryl methyl sites for hydroxylation is 1. The van der Waals surface area contributed by atoms with Crippen LogP contribution in [0.15, 0.2) is 47.1 Å². The minimum Gasteiger partial charge on any atom is -0.241 e. The summed E-state index contributed by atoms with van der Waals surface area (Å²) in [6.07, 6.45) is 0. The molecule has 2 heteroatoms. The highest BCUT2D eigenvalue weighted by Crippen LogP contribution is 2.21. The Labute approximate surface area is 91.9 Å². The third kappa shape index (κ3) is 1.85. The van der Waals surface area contributed by atoms with Crippen molar-refractivity contribution >= 4 is 15.9 Å². The van der Waals surface area contributed by atoms with Crippen LogP contribution in [-0.2, 0) is 0 Å². The predicted octanol–water partition coefficient (Wildman–Crippen LogP) is 3.82. The van der Waals surface area contributed by atoms with Crippen LogP contribution in [0.1, 0.15) is 5.56 Å². The van der Waals surface area contributed by atoms with E-state index in [0.29, 0.717) is 0 Å². The first-order valence-electron chi connectivity index (χ1n) is 4.46. The zero-order valence-electron chi connectivity index (χ0n) is 7.87. The summed E-state index contributed by atoms with van der Waals surface area (Å²) in [6.45, 7) is 2.03. The van der Waals surface area contributed by atoms with E-state index in [1.54, 1.807) is 0 Å². The van der Waals surface area contributed by atoms with Crippen molar-refractivity contribution in [2.75, 3.05) is 0 Å². The molecule has 0 N–H and O–H groups in total. The number of nitrogens with zero attached hydrogens (tertiary/aromatic N) is 1. The van der Waals surface area contributed by atoms with Gasteiger partial charge in [0.05, 0.1) is 5.69 Å². The standard InChI is InChI=1S/C12H10BrN/c1-9-7-8-11(14-12(9)13)10-5-3-2-4-6-10/h2-8H,1H3. The number of hydrogen-bond acceptors (Lipinski definition) is 1. The number of halogens is 1. The van der Waals surface area contributed by atoms with E-state index >= 15 is 0 Å². The highest BCUT2D eigenvalue weighted by Gasteiger charge is 2.00. The second-order valence-corrected chi connectivity index (χ2v) is 3.92. The van der Waals surface area contributed by atoms with E-state index in [9.17, 15) is 0 Å². The van der Waals surface area contributed by atoms with Gasteiger partial charge >= 0.3 is 0 Å². The van der Waals surface area contributed by atoms with Crippen molar-refractivity contribution < 1.29 is 0 Å². The first kappa shape index (κ1) is 9.41. The molecule has 1 heterocycles. The lowest BCUT2D eigenvalue weighted by molar-refractivity contribution is 1.22. The smallest absolute Gasteiger partial charge is 0.109 e. The van der Waals surface area contributed by atoms with Crippen molar-refractivity contribution in [2.24, 2.45) is 0 Å². The largest absolute Gasteiger partial charge is 0.241 e. The summed E-state index contributed by atoms with van der Waals surface area (Å²) in [7, 11) is 0. The van der Waals surface area contributed by atoms with Gasteiger partial charge in [0, 0.05) is 5.56 Å². The maximum atomic E-state index is 4.46. The van der Waals surface area contributed by atoms with Gasteiger partial charge < -0.3 is 0 Å². The summed E-state index contributed by atoms with van der Waals surface area (Å²) < 4.78 is 0.916. The van der Waals surface area contributed by atoms with Gasteiger partial charge in [-0.25, -0.2) is 4.98 Å². The summed E-state index contributed by atoms with van der Waals surface area (Å²) in [5.41, 5.74) is 3.31. The first-order valence-corrected chi connectivity index (χ1v) is 5.25. The first-order chi connectivity index (χ1) is 6.77. The van der Waals surface area contributed by atoms with E-state index in [4.69, 9.17) is 0 Å². The fourth-order valence-corrected chi connectivity index (χ4v) is 1.60. The zero-order valence-corrected chi connectivity index (χ0v) is 9.45. The molecular weight excluding hydrogens is 238 g/mol. The average molecular weight is 248 g/mol. The Morgan fingerprint density at radius 3 is 2.36 bits per heavy atom. The molecule has 0 aliphatic heterocycles. The summed E-state index contributed by atoms with van der Waals surface area (Å²) in [6, 6.07) is 14.3. The summed E-state index contributed by atoms with van der Waals surface area (Å²) in [4.78, 5) is 4.46. The third-order valence-corrected chi connectivity index (χ3v) is 2.91. The minimum atomic E-state index is 0.916.